The van der Waals surface area contributed by atoms with Crippen LogP contribution in [0.1, 0.15) is 10.4 Å². The predicted octanol–water partition coefficient (Wildman–Crippen LogP) is 3.39. The van der Waals surface area contributed by atoms with Crippen LogP contribution in [0.25, 0.3) is 11.3 Å². The van der Waals surface area contributed by atoms with Gasteiger partial charge in [-0.2, -0.15) is 0 Å². The van der Waals surface area contributed by atoms with Crippen molar-refractivity contribution in [3.8, 4) is 11.3 Å². The van der Waals surface area contributed by atoms with Gasteiger partial charge in [0.05, 0.1) is 12.7 Å². The molecule has 0 radical (unpaired) electrons. The second kappa shape index (κ2) is 4.41. The van der Waals surface area contributed by atoms with Gasteiger partial charge in [0, 0.05) is 10.6 Å². The molecule has 0 aliphatic rings. The summed E-state index contributed by atoms with van der Waals surface area (Å²) in [6.07, 6.45) is 1.37. The Bertz CT molecular complexity index is 499. The highest BCUT2D eigenvalue weighted by Crippen LogP contribution is 2.23. The smallest absolute Gasteiger partial charge is 0.341 e. The third-order valence-electron chi connectivity index (χ3n) is 2.15. The molecule has 3 nitrogen and oxygen atoms in total. The van der Waals surface area contributed by atoms with Gasteiger partial charge in [-0.25, -0.2) is 4.79 Å². The summed E-state index contributed by atoms with van der Waals surface area (Å²) in [5, 5.41) is 0.656. The minimum absolute atomic E-state index is 0.396. The third kappa shape index (κ3) is 2.09. The van der Waals surface area contributed by atoms with Crippen molar-refractivity contribution in [3.05, 3.63) is 47.2 Å². The van der Waals surface area contributed by atoms with Crippen molar-refractivity contribution in [2.24, 2.45) is 0 Å². The van der Waals surface area contributed by atoms with Gasteiger partial charge < -0.3 is 9.15 Å². The first kappa shape index (κ1) is 10.8. The second-order valence-electron chi connectivity index (χ2n) is 3.20. The first-order valence-corrected chi connectivity index (χ1v) is 5.01. The van der Waals surface area contributed by atoms with Crippen molar-refractivity contribution in [1.29, 1.82) is 0 Å². The van der Waals surface area contributed by atoms with E-state index in [1.165, 1.54) is 13.4 Å². The molecule has 4 heteroatoms. The molecule has 1 heterocycles. The van der Waals surface area contributed by atoms with E-state index < -0.39 is 5.97 Å². The summed E-state index contributed by atoms with van der Waals surface area (Å²) in [6, 6.07) is 8.80. The number of hydrogen-bond acceptors (Lipinski definition) is 3. The largest absolute Gasteiger partial charge is 0.465 e. The number of rotatable bonds is 2. The van der Waals surface area contributed by atoms with Gasteiger partial charge >= 0.3 is 5.97 Å². The van der Waals surface area contributed by atoms with Crippen LogP contribution in [-0.4, -0.2) is 13.1 Å². The molecule has 1 aromatic carbocycles. The summed E-state index contributed by atoms with van der Waals surface area (Å²) in [5.41, 5.74) is 1.26. The summed E-state index contributed by atoms with van der Waals surface area (Å²) in [5.74, 6) is 0.195. The summed E-state index contributed by atoms with van der Waals surface area (Å²) < 4.78 is 9.85. The van der Waals surface area contributed by atoms with E-state index in [9.17, 15) is 4.79 Å². The zero-order valence-corrected chi connectivity index (χ0v) is 9.32. The van der Waals surface area contributed by atoms with Crippen LogP contribution >= 0.6 is 11.6 Å². The average Bonchev–Trinajstić information content (AvgIpc) is 2.78. The molecule has 16 heavy (non-hydrogen) atoms. The molecule has 0 spiro atoms. The lowest BCUT2D eigenvalue weighted by Crippen LogP contribution is -1.98. The van der Waals surface area contributed by atoms with Crippen LogP contribution in [-0.2, 0) is 4.74 Å². The molecule has 0 unspecified atom stereocenters. The van der Waals surface area contributed by atoms with E-state index >= 15 is 0 Å². The SMILES string of the molecule is COC(=O)c1coc(-c2ccc(Cl)cc2)c1. The third-order valence-corrected chi connectivity index (χ3v) is 2.40. The van der Waals surface area contributed by atoms with Crippen LogP contribution in [0.5, 0.6) is 0 Å². The number of methoxy groups -OCH3 is 1. The number of benzene rings is 1. The first-order valence-electron chi connectivity index (χ1n) is 4.63. The number of hydrogen-bond donors (Lipinski definition) is 0. The maximum Gasteiger partial charge on any atom is 0.341 e. The number of esters is 1. The average molecular weight is 237 g/mol. The fourth-order valence-electron chi connectivity index (χ4n) is 1.33. The van der Waals surface area contributed by atoms with E-state index in [1.807, 2.05) is 12.1 Å². The van der Waals surface area contributed by atoms with Crippen molar-refractivity contribution in [1.82, 2.24) is 0 Å². The Morgan fingerprint density at radius 1 is 1.31 bits per heavy atom. The quantitative estimate of drug-likeness (QED) is 0.751. The highest BCUT2D eigenvalue weighted by Gasteiger charge is 2.11. The Kier molecular flexibility index (Phi) is 2.97. The number of ether oxygens (including phenoxy) is 1. The number of furan rings is 1. The highest BCUT2D eigenvalue weighted by molar-refractivity contribution is 6.30. The lowest BCUT2D eigenvalue weighted by Gasteiger charge is -1.95. The lowest BCUT2D eigenvalue weighted by molar-refractivity contribution is 0.0600. The molecule has 0 aliphatic heterocycles. The fraction of sp³-hybridized carbons (Fsp3) is 0.0833. The maximum atomic E-state index is 11.2. The van der Waals surface area contributed by atoms with Gasteiger partial charge in [-0.15, -0.1) is 0 Å². The van der Waals surface area contributed by atoms with Crippen LogP contribution < -0.4 is 0 Å². The van der Waals surface area contributed by atoms with E-state index in [0.29, 0.717) is 16.3 Å². The molecule has 2 aromatic rings. The van der Waals surface area contributed by atoms with E-state index in [-0.39, 0.29) is 0 Å². The van der Waals surface area contributed by atoms with Gasteiger partial charge in [0.15, 0.2) is 0 Å². The van der Waals surface area contributed by atoms with Gasteiger partial charge in [-0.05, 0) is 30.3 Å². The Hall–Kier alpha value is -1.74. The van der Waals surface area contributed by atoms with Crippen LogP contribution in [0.4, 0.5) is 0 Å². The van der Waals surface area contributed by atoms with Gasteiger partial charge in [0.25, 0.3) is 0 Å². The molecule has 0 aliphatic carbocycles. The van der Waals surface area contributed by atoms with Crippen molar-refractivity contribution in [2.75, 3.05) is 7.11 Å². The molecule has 2 rings (SSSR count). The minimum Gasteiger partial charge on any atom is -0.465 e. The molecular weight excluding hydrogens is 228 g/mol. The monoisotopic (exact) mass is 236 g/mol. The number of carbonyl (C=O) groups excluding carboxylic acids is 1. The Balaban J connectivity index is 2.31. The molecule has 0 saturated heterocycles. The van der Waals surface area contributed by atoms with Crippen molar-refractivity contribution < 1.29 is 13.9 Å². The molecule has 0 bridgehead atoms. The normalized spacial score (nSPS) is 10.1. The minimum atomic E-state index is -0.413. The van der Waals surface area contributed by atoms with E-state index in [1.54, 1.807) is 18.2 Å². The van der Waals surface area contributed by atoms with Crippen LogP contribution in [0.2, 0.25) is 5.02 Å². The van der Waals surface area contributed by atoms with Crippen molar-refractivity contribution >= 4 is 17.6 Å². The molecule has 1 aromatic heterocycles. The first-order chi connectivity index (χ1) is 7.70. The van der Waals surface area contributed by atoms with Gasteiger partial charge in [-0.3, -0.25) is 0 Å². The summed E-state index contributed by atoms with van der Waals surface area (Å²) in [6.45, 7) is 0. The van der Waals surface area contributed by atoms with Crippen LogP contribution in [0.3, 0.4) is 0 Å². The van der Waals surface area contributed by atoms with Gasteiger partial charge in [0.1, 0.15) is 12.0 Å². The molecule has 0 fully saturated rings. The molecule has 0 N–H and O–H groups in total. The second-order valence-corrected chi connectivity index (χ2v) is 3.63. The van der Waals surface area contributed by atoms with Gasteiger partial charge in [-0.1, -0.05) is 11.6 Å². The molecule has 82 valence electrons. The summed E-state index contributed by atoms with van der Waals surface area (Å²) >= 11 is 5.77. The highest BCUT2D eigenvalue weighted by atomic mass is 35.5. The zero-order chi connectivity index (χ0) is 11.5. The van der Waals surface area contributed by atoms with Crippen LogP contribution in [0.15, 0.2) is 41.0 Å². The maximum absolute atomic E-state index is 11.2. The Morgan fingerprint density at radius 2 is 2.00 bits per heavy atom. The fourth-order valence-corrected chi connectivity index (χ4v) is 1.45. The lowest BCUT2D eigenvalue weighted by atomic mass is 10.1. The molecular formula is C12H9ClO3. The number of carbonyl (C=O) groups is 1. The topological polar surface area (TPSA) is 39.4 Å². The van der Waals surface area contributed by atoms with Crippen LogP contribution in [0, 0.1) is 0 Å². The van der Waals surface area contributed by atoms with E-state index in [0.717, 1.165) is 5.56 Å². The van der Waals surface area contributed by atoms with E-state index in [4.69, 9.17) is 16.0 Å². The Labute approximate surface area is 97.6 Å². The molecule has 0 saturated carbocycles. The molecule has 0 atom stereocenters. The standard InChI is InChI=1S/C12H9ClO3/c1-15-12(14)9-6-11(16-7-9)8-2-4-10(13)5-3-8/h2-7H,1H3. The Morgan fingerprint density at radius 3 is 2.62 bits per heavy atom. The van der Waals surface area contributed by atoms with Gasteiger partial charge in [0.2, 0.25) is 0 Å². The van der Waals surface area contributed by atoms with E-state index in [2.05, 4.69) is 4.74 Å². The number of halogens is 1. The van der Waals surface area contributed by atoms with Crippen molar-refractivity contribution in [3.63, 3.8) is 0 Å². The summed E-state index contributed by atoms with van der Waals surface area (Å²) in [4.78, 5) is 11.2. The predicted molar refractivity (Wildman–Crippen MR) is 60.5 cm³/mol. The zero-order valence-electron chi connectivity index (χ0n) is 8.57. The summed E-state index contributed by atoms with van der Waals surface area (Å²) in [7, 11) is 1.33. The molecule has 0 amide bonds. The van der Waals surface area contributed by atoms with Crippen molar-refractivity contribution in [2.45, 2.75) is 0 Å².